The Morgan fingerprint density at radius 2 is 1.73 bits per heavy atom. The molecule has 0 saturated carbocycles. The SMILES string of the molecule is CNC1c2ccccc2C2C=CC=CC21. The number of hydrogen-bond acceptors (Lipinski definition) is 1. The minimum Gasteiger partial charge on any atom is -0.312 e. The van der Waals surface area contributed by atoms with Gasteiger partial charge in [-0.1, -0.05) is 48.6 Å². The maximum atomic E-state index is 3.43. The predicted octanol–water partition coefficient (Wildman–Crippen LogP) is 2.79. The Kier molecular flexibility index (Phi) is 2.00. The van der Waals surface area contributed by atoms with Gasteiger partial charge in [0.1, 0.15) is 0 Å². The van der Waals surface area contributed by atoms with E-state index in [0.29, 0.717) is 17.9 Å². The molecule has 0 saturated heterocycles. The Morgan fingerprint density at radius 3 is 2.53 bits per heavy atom. The number of nitrogens with one attached hydrogen (secondary N) is 1. The Bertz CT molecular complexity index is 431. The summed E-state index contributed by atoms with van der Waals surface area (Å²) in [5.41, 5.74) is 2.95. The topological polar surface area (TPSA) is 12.0 Å². The van der Waals surface area contributed by atoms with Crippen LogP contribution < -0.4 is 5.32 Å². The molecule has 2 aliphatic rings. The highest BCUT2D eigenvalue weighted by Gasteiger charge is 2.37. The zero-order valence-electron chi connectivity index (χ0n) is 8.85. The van der Waals surface area contributed by atoms with Gasteiger partial charge >= 0.3 is 0 Å². The average Bonchev–Trinajstić information content (AvgIpc) is 2.63. The summed E-state index contributed by atoms with van der Waals surface area (Å²) in [5.74, 6) is 1.17. The minimum atomic E-state index is 0.479. The first-order valence-corrected chi connectivity index (χ1v) is 5.53. The lowest BCUT2D eigenvalue weighted by Gasteiger charge is -2.21. The van der Waals surface area contributed by atoms with Crippen molar-refractivity contribution in [3.8, 4) is 0 Å². The molecule has 3 rings (SSSR count). The maximum Gasteiger partial charge on any atom is 0.0393 e. The second kappa shape index (κ2) is 3.35. The van der Waals surface area contributed by atoms with Crippen molar-refractivity contribution in [3.05, 3.63) is 59.7 Å². The molecule has 0 amide bonds. The smallest absolute Gasteiger partial charge is 0.0393 e. The van der Waals surface area contributed by atoms with Gasteiger partial charge < -0.3 is 5.32 Å². The molecule has 0 bridgehead atoms. The summed E-state index contributed by atoms with van der Waals surface area (Å²) in [4.78, 5) is 0. The lowest BCUT2D eigenvalue weighted by molar-refractivity contribution is 0.460. The summed E-state index contributed by atoms with van der Waals surface area (Å²) in [6.45, 7) is 0. The highest BCUT2D eigenvalue weighted by atomic mass is 14.9. The second-order valence-electron chi connectivity index (χ2n) is 4.27. The molecule has 1 heteroatoms. The van der Waals surface area contributed by atoms with Crippen molar-refractivity contribution in [1.82, 2.24) is 5.32 Å². The molecule has 0 spiro atoms. The van der Waals surface area contributed by atoms with Crippen LogP contribution in [-0.4, -0.2) is 7.05 Å². The molecule has 0 radical (unpaired) electrons. The molecule has 2 aliphatic carbocycles. The number of hydrogen-bond donors (Lipinski definition) is 1. The van der Waals surface area contributed by atoms with E-state index in [0.717, 1.165) is 0 Å². The van der Waals surface area contributed by atoms with Gasteiger partial charge in [-0.2, -0.15) is 0 Å². The van der Waals surface area contributed by atoms with Gasteiger partial charge in [0.15, 0.2) is 0 Å². The highest BCUT2D eigenvalue weighted by molar-refractivity contribution is 5.45. The van der Waals surface area contributed by atoms with Crippen molar-refractivity contribution in [2.45, 2.75) is 12.0 Å². The van der Waals surface area contributed by atoms with Crippen molar-refractivity contribution in [3.63, 3.8) is 0 Å². The molecule has 0 aliphatic heterocycles. The Labute approximate surface area is 90.5 Å². The van der Waals surface area contributed by atoms with E-state index in [1.807, 2.05) is 0 Å². The summed E-state index contributed by atoms with van der Waals surface area (Å²) < 4.78 is 0. The van der Waals surface area contributed by atoms with Gasteiger partial charge in [-0.15, -0.1) is 0 Å². The van der Waals surface area contributed by atoms with Crippen LogP contribution in [0.2, 0.25) is 0 Å². The fraction of sp³-hybridized carbons (Fsp3) is 0.286. The first kappa shape index (κ1) is 8.93. The molecule has 1 N–H and O–H groups in total. The molecule has 1 nitrogen and oxygen atoms in total. The van der Waals surface area contributed by atoms with Crippen LogP contribution in [0, 0.1) is 5.92 Å². The quantitative estimate of drug-likeness (QED) is 0.730. The molecule has 76 valence electrons. The third-order valence-corrected chi connectivity index (χ3v) is 3.56. The molecule has 0 fully saturated rings. The largest absolute Gasteiger partial charge is 0.312 e. The third kappa shape index (κ3) is 1.20. The lowest BCUT2D eigenvalue weighted by atomic mass is 9.87. The molecule has 0 aromatic heterocycles. The van der Waals surface area contributed by atoms with Crippen LogP contribution >= 0.6 is 0 Å². The van der Waals surface area contributed by atoms with Crippen LogP contribution in [-0.2, 0) is 0 Å². The van der Waals surface area contributed by atoms with Crippen LogP contribution in [0.1, 0.15) is 23.1 Å². The van der Waals surface area contributed by atoms with E-state index < -0.39 is 0 Å². The predicted molar refractivity (Wildman–Crippen MR) is 62.8 cm³/mol. The van der Waals surface area contributed by atoms with E-state index in [1.165, 1.54) is 11.1 Å². The number of fused-ring (bicyclic) bond motifs is 3. The van der Waals surface area contributed by atoms with Crippen molar-refractivity contribution in [2.24, 2.45) is 5.92 Å². The summed E-state index contributed by atoms with van der Waals surface area (Å²) in [6.07, 6.45) is 8.97. The van der Waals surface area contributed by atoms with Crippen molar-refractivity contribution in [2.75, 3.05) is 7.05 Å². The van der Waals surface area contributed by atoms with Gasteiger partial charge in [0.25, 0.3) is 0 Å². The number of benzene rings is 1. The van der Waals surface area contributed by atoms with Gasteiger partial charge in [0, 0.05) is 17.9 Å². The van der Waals surface area contributed by atoms with E-state index in [1.54, 1.807) is 0 Å². The molecular weight excluding hydrogens is 182 g/mol. The maximum absolute atomic E-state index is 3.43. The molecule has 3 atom stereocenters. The molecule has 15 heavy (non-hydrogen) atoms. The van der Waals surface area contributed by atoms with Crippen LogP contribution in [0.15, 0.2) is 48.6 Å². The fourth-order valence-corrected chi connectivity index (χ4v) is 2.91. The third-order valence-electron chi connectivity index (χ3n) is 3.56. The monoisotopic (exact) mass is 197 g/mol. The van der Waals surface area contributed by atoms with Crippen molar-refractivity contribution in [1.29, 1.82) is 0 Å². The first-order valence-electron chi connectivity index (χ1n) is 5.53. The van der Waals surface area contributed by atoms with Gasteiger partial charge in [-0.25, -0.2) is 0 Å². The van der Waals surface area contributed by atoms with Crippen LogP contribution in [0.5, 0.6) is 0 Å². The Morgan fingerprint density at radius 1 is 1.00 bits per heavy atom. The normalized spacial score (nSPS) is 31.4. The van der Waals surface area contributed by atoms with Crippen LogP contribution in [0.25, 0.3) is 0 Å². The molecule has 3 unspecified atom stereocenters. The zero-order valence-corrected chi connectivity index (χ0v) is 8.85. The average molecular weight is 197 g/mol. The standard InChI is InChI=1S/C14H15N/c1-15-14-12-8-4-2-6-10(12)11-7-3-5-9-13(11)14/h2-10,12,14-15H,1H3. The number of allylic oxidation sites excluding steroid dienone is 3. The Balaban J connectivity index is 2.14. The summed E-state index contributed by atoms with van der Waals surface area (Å²) in [7, 11) is 2.05. The van der Waals surface area contributed by atoms with Crippen LogP contribution in [0.3, 0.4) is 0 Å². The highest BCUT2D eigenvalue weighted by Crippen LogP contribution is 2.47. The van der Waals surface area contributed by atoms with Gasteiger partial charge in [0.05, 0.1) is 0 Å². The van der Waals surface area contributed by atoms with Crippen LogP contribution in [0.4, 0.5) is 0 Å². The summed E-state index contributed by atoms with van der Waals surface area (Å²) in [6, 6.07) is 9.26. The van der Waals surface area contributed by atoms with E-state index in [4.69, 9.17) is 0 Å². The molecule has 1 aromatic carbocycles. The van der Waals surface area contributed by atoms with Crippen molar-refractivity contribution >= 4 is 0 Å². The van der Waals surface area contributed by atoms with E-state index in [-0.39, 0.29) is 0 Å². The lowest BCUT2D eigenvalue weighted by Crippen LogP contribution is -2.22. The summed E-state index contributed by atoms with van der Waals surface area (Å²) in [5, 5.41) is 3.43. The minimum absolute atomic E-state index is 0.479. The number of rotatable bonds is 1. The van der Waals surface area contributed by atoms with Gasteiger partial charge in [-0.05, 0) is 18.2 Å². The Hall–Kier alpha value is -1.34. The zero-order chi connectivity index (χ0) is 10.3. The van der Waals surface area contributed by atoms with E-state index >= 15 is 0 Å². The van der Waals surface area contributed by atoms with Crippen molar-refractivity contribution < 1.29 is 0 Å². The van der Waals surface area contributed by atoms with E-state index in [9.17, 15) is 0 Å². The molecule has 1 aromatic rings. The van der Waals surface area contributed by atoms with Gasteiger partial charge in [-0.3, -0.25) is 0 Å². The van der Waals surface area contributed by atoms with Gasteiger partial charge in [0.2, 0.25) is 0 Å². The first-order chi connectivity index (χ1) is 7.42. The second-order valence-corrected chi connectivity index (χ2v) is 4.27. The summed E-state index contributed by atoms with van der Waals surface area (Å²) >= 11 is 0. The van der Waals surface area contributed by atoms with E-state index in [2.05, 4.69) is 60.9 Å². The molecular formula is C14H15N. The molecule has 0 heterocycles. The fourth-order valence-electron chi connectivity index (χ4n) is 2.91.